The van der Waals surface area contributed by atoms with Crippen LogP contribution in [0.25, 0.3) is 0 Å². The summed E-state index contributed by atoms with van der Waals surface area (Å²) in [6.07, 6.45) is 0. The standard InChI is InChI=1S/C13H17N3S/c1-12(2,3)13(4)15-14-11-16(13)9-7-5-6-8-10(9)17-11/h5-8,15H,1-4H3/p+1. The third-order valence-electron chi connectivity index (χ3n) is 3.91. The van der Waals surface area contributed by atoms with Crippen molar-refractivity contribution in [1.29, 1.82) is 0 Å². The summed E-state index contributed by atoms with van der Waals surface area (Å²) < 4.78 is 0. The van der Waals surface area contributed by atoms with E-state index in [-0.39, 0.29) is 11.1 Å². The van der Waals surface area contributed by atoms with Gasteiger partial charge in [0, 0.05) is 17.2 Å². The zero-order valence-electron chi connectivity index (χ0n) is 10.7. The number of thioether (sulfide) groups is 1. The molecular formula is C13H18N3S+. The van der Waals surface area contributed by atoms with Crippen LogP contribution in [0, 0.1) is 5.41 Å². The van der Waals surface area contributed by atoms with E-state index >= 15 is 0 Å². The van der Waals surface area contributed by atoms with Crippen LogP contribution in [-0.2, 0) is 0 Å². The van der Waals surface area contributed by atoms with Crippen LogP contribution in [0.4, 0.5) is 5.69 Å². The molecule has 1 unspecified atom stereocenters. The van der Waals surface area contributed by atoms with Gasteiger partial charge in [-0.2, -0.15) is 5.43 Å². The Bertz CT molecular complexity index is 504. The Kier molecular flexibility index (Phi) is 2.14. The highest BCUT2D eigenvalue weighted by Gasteiger charge is 2.55. The number of para-hydroxylation sites is 1. The molecule has 2 aliphatic heterocycles. The largest absolute Gasteiger partial charge is 0.260 e. The quantitative estimate of drug-likeness (QED) is 0.714. The molecular weight excluding hydrogens is 230 g/mol. The number of rotatable bonds is 0. The van der Waals surface area contributed by atoms with Gasteiger partial charge < -0.3 is 0 Å². The van der Waals surface area contributed by atoms with Crippen LogP contribution in [0.15, 0.2) is 34.3 Å². The third kappa shape index (κ3) is 1.37. The van der Waals surface area contributed by atoms with Crippen LogP contribution < -0.4 is 10.3 Å². The molecule has 0 saturated heterocycles. The number of anilines is 1. The Morgan fingerprint density at radius 2 is 2.00 bits per heavy atom. The maximum atomic E-state index is 4.61. The first-order valence-electron chi connectivity index (χ1n) is 5.93. The van der Waals surface area contributed by atoms with Crippen molar-refractivity contribution in [2.45, 2.75) is 38.3 Å². The predicted molar refractivity (Wildman–Crippen MR) is 72.0 cm³/mol. The van der Waals surface area contributed by atoms with E-state index in [1.165, 1.54) is 10.6 Å². The first-order chi connectivity index (χ1) is 7.93. The summed E-state index contributed by atoms with van der Waals surface area (Å²) in [6.45, 7) is 9.08. The summed E-state index contributed by atoms with van der Waals surface area (Å²) in [4.78, 5) is 3.70. The van der Waals surface area contributed by atoms with E-state index < -0.39 is 0 Å². The summed E-state index contributed by atoms with van der Waals surface area (Å²) in [5.74, 6) is 0. The highest BCUT2D eigenvalue weighted by Crippen LogP contribution is 2.47. The molecule has 1 aromatic rings. The van der Waals surface area contributed by atoms with Gasteiger partial charge in [0.1, 0.15) is 0 Å². The Morgan fingerprint density at radius 1 is 1.29 bits per heavy atom. The highest BCUT2D eigenvalue weighted by molar-refractivity contribution is 8.14. The molecule has 2 heterocycles. The topological polar surface area (TPSA) is 32.2 Å². The van der Waals surface area contributed by atoms with Gasteiger partial charge >= 0.3 is 0 Å². The second kappa shape index (κ2) is 3.27. The normalized spacial score (nSPS) is 26.8. The SMILES string of the molecule is CC(C)(C)C1(C)[NH2+]N=C2Sc3ccccc3N21. The molecule has 3 rings (SSSR count). The molecule has 0 spiro atoms. The second-order valence-corrected chi connectivity index (χ2v) is 6.85. The van der Waals surface area contributed by atoms with E-state index in [2.05, 4.69) is 67.4 Å². The number of nitrogens with zero attached hydrogens (tertiary/aromatic N) is 2. The van der Waals surface area contributed by atoms with Crippen LogP contribution in [-0.4, -0.2) is 10.8 Å². The first kappa shape index (κ1) is 11.1. The predicted octanol–water partition coefficient (Wildman–Crippen LogP) is 2.21. The molecule has 0 saturated carbocycles. The number of quaternary nitrogens is 1. The molecule has 0 aliphatic carbocycles. The van der Waals surface area contributed by atoms with Crippen LogP contribution in [0.5, 0.6) is 0 Å². The number of nitrogens with two attached hydrogens (primary N) is 1. The lowest BCUT2D eigenvalue weighted by Crippen LogP contribution is -2.95. The van der Waals surface area contributed by atoms with Gasteiger partial charge in [0.2, 0.25) is 10.8 Å². The van der Waals surface area contributed by atoms with E-state index in [9.17, 15) is 0 Å². The molecule has 2 aliphatic rings. The number of benzene rings is 1. The van der Waals surface area contributed by atoms with Crippen molar-refractivity contribution in [2.24, 2.45) is 10.5 Å². The smallest absolute Gasteiger partial charge is 0.233 e. The molecule has 1 aromatic carbocycles. The summed E-state index contributed by atoms with van der Waals surface area (Å²) >= 11 is 1.77. The molecule has 0 aromatic heterocycles. The Morgan fingerprint density at radius 3 is 2.71 bits per heavy atom. The van der Waals surface area contributed by atoms with Crippen LogP contribution in [0.2, 0.25) is 0 Å². The van der Waals surface area contributed by atoms with Crippen LogP contribution in [0.3, 0.4) is 0 Å². The van der Waals surface area contributed by atoms with Crippen molar-refractivity contribution in [3.63, 3.8) is 0 Å². The second-order valence-electron chi connectivity index (χ2n) is 5.84. The van der Waals surface area contributed by atoms with Crippen molar-refractivity contribution in [2.75, 3.05) is 4.90 Å². The average molecular weight is 248 g/mol. The van der Waals surface area contributed by atoms with Crippen molar-refractivity contribution < 1.29 is 5.43 Å². The molecule has 2 N–H and O–H groups in total. The number of hydrogen-bond donors (Lipinski definition) is 1. The van der Waals surface area contributed by atoms with Crippen LogP contribution in [0.1, 0.15) is 27.7 Å². The van der Waals surface area contributed by atoms with Gasteiger partial charge in [-0.05, 0) is 23.9 Å². The lowest BCUT2D eigenvalue weighted by Gasteiger charge is -2.40. The van der Waals surface area contributed by atoms with E-state index in [0.29, 0.717) is 0 Å². The zero-order chi connectivity index (χ0) is 12.3. The zero-order valence-corrected chi connectivity index (χ0v) is 11.5. The lowest BCUT2D eigenvalue weighted by atomic mass is 9.81. The van der Waals surface area contributed by atoms with Crippen molar-refractivity contribution >= 4 is 22.6 Å². The molecule has 0 radical (unpaired) electrons. The van der Waals surface area contributed by atoms with Gasteiger partial charge in [0.15, 0.2) is 0 Å². The Hall–Kier alpha value is -1.00. The molecule has 4 heteroatoms. The van der Waals surface area contributed by atoms with E-state index in [0.717, 1.165) is 5.17 Å². The van der Waals surface area contributed by atoms with Gasteiger partial charge in [-0.1, -0.05) is 38.0 Å². The van der Waals surface area contributed by atoms with Crippen molar-refractivity contribution in [3.05, 3.63) is 24.3 Å². The van der Waals surface area contributed by atoms with Crippen molar-refractivity contribution in [1.82, 2.24) is 0 Å². The Balaban J connectivity index is 2.12. The van der Waals surface area contributed by atoms with E-state index in [1.54, 1.807) is 11.8 Å². The minimum absolute atomic E-state index is 0.0397. The molecule has 3 nitrogen and oxygen atoms in total. The first-order valence-corrected chi connectivity index (χ1v) is 6.74. The van der Waals surface area contributed by atoms with Gasteiger partial charge in [-0.15, -0.1) is 0 Å². The van der Waals surface area contributed by atoms with E-state index in [1.807, 2.05) is 0 Å². The minimum Gasteiger partial charge on any atom is -0.260 e. The maximum Gasteiger partial charge on any atom is 0.233 e. The molecule has 0 fully saturated rings. The molecule has 0 bridgehead atoms. The summed E-state index contributed by atoms with van der Waals surface area (Å²) in [7, 11) is 0. The number of hydrogen-bond acceptors (Lipinski definition) is 3. The number of fused-ring (bicyclic) bond motifs is 3. The van der Waals surface area contributed by atoms with Crippen LogP contribution >= 0.6 is 11.8 Å². The fourth-order valence-corrected chi connectivity index (χ4v) is 3.37. The number of amidine groups is 1. The molecule has 0 amide bonds. The fourth-order valence-electron chi connectivity index (χ4n) is 2.28. The third-order valence-corrected chi connectivity index (χ3v) is 4.94. The molecule has 17 heavy (non-hydrogen) atoms. The van der Waals surface area contributed by atoms with Gasteiger partial charge in [-0.25, -0.2) is 0 Å². The van der Waals surface area contributed by atoms with Crippen molar-refractivity contribution in [3.8, 4) is 0 Å². The minimum atomic E-state index is -0.0397. The monoisotopic (exact) mass is 248 g/mol. The maximum absolute atomic E-state index is 4.61. The highest BCUT2D eigenvalue weighted by atomic mass is 32.2. The van der Waals surface area contributed by atoms with Gasteiger partial charge in [0.05, 0.1) is 5.69 Å². The van der Waals surface area contributed by atoms with Gasteiger partial charge in [-0.3, -0.25) is 4.90 Å². The molecule has 90 valence electrons. The van der Waals surface area contributed by atoms with Gasteiger partial charge in [0.25, 0.3) is 0 Å². The summed E-state index contributed by atoms with van der Waals surface area (Å²) in [5, 5.41) is 5.73. The summed E-state index contributed by atoms with van der Waals surface area (Å²) in [6, 6.07) is 8.55. The Labute approximate surface area is 106 Å². The molecule has 1 atom stereocenters. The fraction of sp³-hybridized carbons (Fsp3) is 0.462. The lowest BCUT2D eigenvalue weighted by molar-refractivity contribution is -0.733. The summed E-state index contributed by atoms with van der Waals surface area (Å²) in [5.41, 5.74) is 3.51. The average Bonchev–Trinajstić information content (AvgIpc) is 2.76. The van der Waals surface area contributed by atoms with E-state index in [4.69, 9.17) is 0 Å².